The summed E-state index contributed by atoms with van der Waals surface area (Å²) >= 11 is 3.46. The van der Waals surface area contributed by atoms with E-state index in [1.807, 2.05) is 28.9 Å². The number of carbonyl (C=O) groups is 1. The summed E-state index contributed by atoms with van der Waals surface area (Å²) in [6.07, 6.45) is 4.77. The van der Waals surface area contributed by atoms with Gasteiger partial charge in [-0.05, 0) is 69.0 Å². The Labute approximate surface area is 168 Å². The quantitative estimate of drug-likeness (QED) is 0.729. The van der Waals surface area contributed by atoms with E-state index < -0.39 is 0 Å². The molecule has 6 nitrogen and oxygen atoms in total. The molecule has 0 radical (unpaired) electrons. The van der Waals surface area contributed by atoms with Gasteiger partial charge in [-0.2, -0.15) is 0 Å². The zero-order valence-electron chi connectivity index (χ0n) is 15.7. The van der Waals surface area contributed by atoms with Gasteiger partial charge in [0.2, 0.25) is 0 Å². The largest absolute Gasteiger partial charge is 0.350 e. The van der Waals surface area contributed by atoms with E-state index in [-0.39, 0.29) is 5.91 Å². The zero-order chi connectivity index (χ0) is 18.8. The summed E-state index contributed by atoms with van der Waals surface area (Å²) in [7, 11) is 0. The van der Waals surface area contributed by atoms with Crippen LogP contribution in [0.2, 0.25) is 0 Å². The van der Waals surface area contributed by atoms with Gasteiger partial charge in [-0.3, -0.25) is 4.79 Å². The molecule has 1 N–H and O–H groups in total. The van der Waals surface area contributed by atoms with Crippen LogP contribution in [0.15, 0.2) is 28.7 Å². The number of likely N-dealkylation sites (tertiary alicyclic amines) is 1. The highest BCUT2D eigenvalue weighted by molar-refractivity contribution is 9.10. The number of aromatic nitrogens is 3. The van der Waals surface area contributed by atoms with Gasteiger partial charge in [0, 0.05) is 23.5 Å². The molecule has 7 heteroatoms. The number of rotatable bonds is 7. The number of nitrogens with zero attached hydrogens (tertiary/aromatic N) is 4. The molecule has 0 bridgehead atoms. The Hall–Kier alpha value is -1.73. The third kappa shape index (κ3) is 4.41. The molecule has 144 valence electrons. The topological polar surface area (TPSA) is 63.1 Å². The van der Waals surface area contributed by atoms with E-state index in [2.05, 4.69) is 43.4 Å². The van der Waals surface area contributed by atoms with Gasteiger partial charge in [-0.15, -0.1) is 5.10 Å². The van der Waals surface area contributed by atoms with Crippen molar-refractivity contribution in [3.05, 3.63) is 40.1 Å². The summed E-state index contributed by atoms with van der Waals surface area (Å²) in [5.74, 6) is 0.706. The van der Waals surface area contributed by atoms with Gasteiger partial charge in [0.05, 0.1) is 11.4 Å². The minimum Gasteiger partial charge on any atom is -0.350 e. The summed E-state index contributed by atoms with van der Waals surface area (Å²) in [5, 5.41) is 11.6. The second-order valence-corrected chi connectivity index (χ2v) is 8.72. The first kappa shape index (κ1) is 18.6. The second-order valence-electron chi connectivity index (χ2n) is 7.81. The molecule has 2 aromatic rings. The molecule has 1 amide bonds. The number of carbonyl (C=O) groups excluding carboxylic acids is 1. The van der Waals surface area contributed by atoms with E-state index in [0.717, 1.165) is 35.2 Å². The van der Waals surface area contributed by atoms with Crippen LogP contribution >= 0.6 is 15.9 Å². The highest BCUT2D eigenvalue weighted by Gasteiger charge is 2.34. The van der Waals surface area contributed by atoms with Crippen LogP contribution in [0.4, 0.5) is 0 Å². The Morgan fingerprint density at radius 1 is 1.26 bits per heavy atom. The minimum atomic E-state index is -0.103. The summed E-state index contributed by atoms with van der Waals surface area (Å²) in [6, 6.07) is 7.94. The summed E-state index contributed by atoms with van der Waals surface area (Å²) < 4.78 is 2.84. The summed E-state index contributed by atoms with van der Waals surface area (Å²) in [6.45, 7) is 6.28. The lowest BCUT2D eigenvalue weighted by Crippen LogP contribution is -2.35. The Morgan fingerprint density at radius 2 is 1.96 bits per heavy atom. The van der Waals surface area contributed by atoms with Crippen LogP contribution in [0, 0.1) is 5.92 Å². The van der Waals surface area contributed by atoms with Gasteiger partial charge in [0.15, 0.2) is 5.69 Å². The average Bonchev–Trinajstić information content (AvgIpc) is 3.19. The van der Waals surface area contributed by atoms with Crippen molar-refractivity contribution >= 4 is 21.8 Å². The van der Waals surface area contributed by atoms with Crippen LogP contribution in [0.1, 0.15) is 54.7 Å². The number of amides is 1. The van der Waals surface area contributed by atoms with Crippen molar-refractivity contribution in [2.75, 3.05) is 26.2 Å². The summed E-state index contributed by atoms with van der Waals surface area (Å²) in [5.41, 5.74) is 2.37. The average molecular weight is 432 g/mol. The maximum absolute atomic E-state index is 12.8. The number of hydrogen-bond donors (Lipinski definition) is 1. The van der Waals surface area contributed by atoms with Gasteiger partial charge in [0.1, 0.15) is 0 Å². The van der Waals surface area contributed by atoms with Crippen LogP contribution in [-0.4, -0.2) is 52.0 Å². The Morgan fingerprint density at radius 3 is 2.63 bits per heavy atom. The predicted molar refractivity (Wildman–Crippen MR) is 108 cm³/mol. The first-order valence-electron chi connectivity index (χ1n) is 9.84. The lowest BCUT2D eigenvalue weighted by atomic mass is 10.1. The summed E-state index contributed by atoms with van der Waals surface area (Å²) in [4.78, 5) is 15.3. The number of benzene rings is 1. The molecule has 1 aromatic carbocycles. The minimum absolute atomic E-state index is 0.103. The van der Waals surface area contributed by atoms with E-state index in [9.17, 15) is 4.79 Å². The molecule has 1 unspecified atom stereocenters. The molecule has 1 aliphatic heterocycles. The van der Waals surface area contributed by atoms with Gasteiger partial charge < -0.3 is 10.2 Å². The van der Waals surface area contributed by atoms with Crippen molar-refractivity contribution in [1.82, 2.24) is 25.2 Å². The van der Waals surface area contributed by atoms with Crippen molar-refractivity contribution in [1.29, 1.82) is 0 Å². The Balaban J connectivity index is 1.44. The molecule has 2 aliphatic rings. The standard InChI is InChI=1S/C20H26BrN5O/c1-14(13-25-10-2-3-11-25)12-22-20(27)18-19(15-4-5-15)26(24-23-18)17-8-6-16(21)7-9-17/h6-9,14-15H,2-5,10-13H2,1H3,(H,22,27). The third-order valence-electron chi connectivity index (χ3n) is 5.33. The van der Waals surface area contributed by atoms with E-state index in [1.165, 1.54) is 25.9 Å². The van der Waals surface area contributed by atoms with E-state index >= 15 is 0 Å². The lowest BCUT2D eigenvalue weighted by Gasteiger charge is -2.20. The zero-order valence-corrected chi connectivity index (χ0v) is 17.3. The van der Waals surface area contributed by atoms with Crippen molar-refractivity contribution in [2.24, 2.45) is 5.92 Å². The highest BCUT2D eigenvalue weighted by Crippen LogP contribution is 2.42. The fraction of sp³-hybridized carbons (Fsp3) is 0.550. The number of hydrogen-bond acceptors (Lipinski definition) is 4. The molecule has 4 rings (SSSR count). The van der Waals surface area contributed by atoms with Crippen LogP contribution < -0.4 is 5.32 Å². The van der Waals surface area contributed by atoms with Crippen molar-refractivity contribution in [3.8, 4) is 5.69 Å². The Kier molecular flexibility index (Phi) is 5.59. The van der Waals surface area contributed by atoms with Crippen LogP contribution in [-0.2, 0) is 0 Å². The molecule has 1 aliphatic carbocycles. The van der Waals surface area contributed by atoms with Crippen LogP contribution in [0.3, 0.4) is 0 Å². The fourth-order valence-corrected chi connectivity index (χ4v) is 4.03. The van der Waals surface area contributed by atoms with Crippen LogP contribution in [0.25, 0.3) is 5.69 Å². The highest BCUT2D eigenvalue weighted by atomic mass is 79.9. The normalized spacial score (nSPS) is 18.6. The van der Waals surface area contributed by atoms with Gasteiger partial charge in [-0.1, -0.05) is 28.1 Å². The molecule has 1 saturated heterocycles. The first-order chi connectivity index (χ1) is 13.1. The van der Waals surface area contributed by atoms with Crippen molar-refractivity contribution < 1.29 is 4.79 Å². The predicted octanol–water partition coefficient (Wildman–Crippen LogP) is 3.37. The Bertz CT molecular complexity index is 793. The molecule has 2 fully saturated rings. The molecule has 2 heterocycles. The molecule has 1 atom stereocenters. The molecule has 1 saturated carbocycles. The van der Waals surface area contributed by atoms with Gasteiger partial charge in [0.25, 0.3) is 5.91 Å². The van der Waals surface area contributed by atoms with Crippen LogP contribution in [0.5, 0.6) is 0 Å². The third-order valence-corrected chi connectivity index (χ3v) is 5.86. The molecular weight excluding hydrogens is 406 g/mol. The van der Waals surface area contributed by atoms with Crippen molar-refractivity contribution in [3.63, 3.8) is 0 Å². The lowest BCUT2D eigenvalue weighted by molar-refractivity contribution is 0.0939. The molecule has 0 spiro atoms. The maximum atomic E-state index is 12.8. The monoisotopic (exact) mass is 431 g/mol. The van der Waals surface area contributed by atoms with E-state index in [1.54, 1.807) is 0 Å². The number of halogens is 1. The van der Waals surface area contributed by atoms with E-state index in [4.69, 9.17) is 0 Å². The maximum Gasteiger partial charge on any atom is 0.273 e. The van der Waals surface area contributed by atoms with E-state index in [0.29, 0.717) is 24.1 Å². The SMILES string of the molecule is CC(CNC(=O)c1nnn(-c2ccc(Br)cc2)c1C1CC1)CN1CCCC1. The molecule has 1 aromatic heterocycles. The fourth-order valence-electron chi connectivity index (χ4n) is 3.77. The second kappa shape index (κ2) is 8.10. The number of nitrogens with one attached hydrogen (secondary N) is 1. The first-order valence-corrected chi connectivity index (χ1v) is 10.6. The van der Waals surface area contributed by atoms with Crippen molar-refractivity contribution in [2.45, 2.75) is 38.5 Å². The van der Waals surface area contributed by atoms with Gasteiger partial charge in [-0.25, -0.2) is 4.68 Å². The molecular formula is C20H26BrN5O. The smallest absolute Gasteiger partial charge is 0.273 e. The van der Waals surface area contributed by atoms with Gasteiger partial charge >= 0.3 is 0 Å². The molecule has 27 heavy (non-hydrogen) atoms.